The van der Waals surface area contributed by atoms with E-state index in [0.29, 0.717) is 6.04 Å². The molecule has 0 atom stereocenters. The van der Waals surface area contributed by atoms with E-state index in [0.717, 1.165) is 11.5 Å². The summed E-state index contributed by atoms with van der Waals surface area (Å²) in [6.07, 6.45) is 8.27. The number of thiazole rings is 1. The lowest BCUT2D eigenvalue weighted by atomic mass is 10.1. The van der Waals surface area contributed by atoms with E-state index < -0.39 is 0 Å². The first kappa shape index (κ1) is 13.1. The van der Waals surface area contributed by atoms with E-state index in [-0.39, 0.29) is 0 Å². The fraction of sp³-hybridized carbons (Fsp3) is 0.667. The van der Waals surface area contributed by atoms with Crippen molar-refractivity contribution in [3.63, 3.8) is 0 Å². The predicted octanol–water partition coefficient (Wildman–Crippen LogP) is 3.83. The zero-order chi connectivity index (χ0) is 13.2. The minimum absolute atomic E-state index is 0.700. The maximum absolute atomic E-state index is 4.66. The number of imidazole rings is 1. The molecule has 0 amide bonds. The van der Waals surface area contributed by atoms with Crippen LogP contribution in [0.2, 0.25) is 0 Å². The maximum Gasteiger partial charge on any atom is 0.194 e. The van der Waals surface area contributed by atoms with E-state index >= 15 is 0 Å². The molecule has 0 aromatic carbocycles. The summed E-state index contributed by atoms with van der Waals surface area (Å²) in [6.45, 7) is 5.25. The summed E-state index contributed by atoms with van der Waals surface area (Å²) in [4.78, 5) is 5.79. The molecule has 0 unspecified atom stereocenters. The van der Waals surface area contributed by atoms with Gasteiger partial charge in [0.1, 0.15) is 0 Å². The Balaban J connectivity index is 1.73. The van der Waals surface area contributed by atoms with Crippen LogP contribution in [0.15, 0.2) is 5.38 Å². The summed E-state index contributed by atoms with van der Waals surface area (Å²) in [6, 6.07) is 0.700. The molecule has 0 bridgehead atoms. The van der Waals surface area contributed by atoms with E-state index in [4.69, 9.17) is 0 Å². The Morgan fingerprint density at radius 1 is 1.26 bits per heavy atom. The van der Waals surface area contributed by atoms with Crippen LogP contribution in [-0.4, -0.2) is 15.4 Å². The third-order valence-corrected chi connectivity index (χ3v) is 5.19. The average Bonchev–Trinajstić information content (AvgIpc) is 2.77. The molecule has 104 valence electrons. The number of aryl methyl sites for hydroxylation is 2. The van der Waals surface area contributed by atoms with Gasteiger partial charge in [0.05, 0.1) is 11.4 Å². The van der Waals surface area contributed by atoms with Crippen LogP contribution < -0.4 is 5.32 Å². The van der Waals surface area contributed by atoms with Crippen molar-refractivity contribution in [3.05, 3.63) is 22.5 Å². The van der Waals surface area contributed by atoms with Gasteiger partial charge in [-0.15, -0.1) is 11.3 Å². The van der Waals surface area contributed by atoms with Crippen LogP contribution in [0.3, 0.4) is 0 Å². The lowest BCUT2D eigenvalue weighted by Crippen LogP contribution is -2.28. The first-order valence-corrected chi connectivity index (χ1v) is 8.29. The fourth-order valence-electron chi connectivity index (χ4n) is 3.10. The van der Waals surface area contributed by atoms with Crippen LogP contribution in [0.4, 0.5) is 0 Å². The molecule has 1 saturated carbocycles. The zero-order valence-corrected chi connectivity index (χ0v) is 12.7. The molecule has 3 rings (SSSR count). The molecule has 4 heteroatoms. The van der Waals surface area contributed by atoms with Crippen LogP contribution in [0, 0.1) is 13.8 Å². The van der Waals surface area contributed by atoms with Crippen molar-refractivity contribution in [1.82, 2.24) is 14.7 Å². The number of rotatable bonds is 3. The van der Waals surface area contributed by atoms with Crippen molar-refractivity contribution in [2.75, 3.05) is 0 Å². The summed E-state index contributed by atoms with van der Waals surface area (Å²) in [5.41, 5.74) is 3.83. The minimum Gasteiger partial charge on any atom is -0.308 e. The number of aromatic nitrogens is 2. The second-order valence-corrected chi connectivity index (χ2v) is 6.54. The van der Waals surface area contributed by atoms with Crippen molar-refractivity contribution >= 4 is 16.3 Å². The topological polar surface area (TPSA) is 29.3 Å². The van der Waals surface area contributed by atoms with Gasteiger partial charge in [-0.2, -0.15) is 0 Å². The van der Waals surface area contributed by atoms with Crippen molar-refractivity contribution in [1.29, 1.82) is 0 Å². The van der Waals surface area contributed by atoms with Gasteiger partial charge in [0.15, 0.2) is 4.96 Å². The summed E-state index contributed by atoms with van der Waals surface area (Å²) in [5.74, 6) is 0. The van der Waals surface area contributed by atoms with Gasteiger partial charge in [-0.25, -0.2) is 4.98 Å². The Kier molecular flexibility index (Phi) is 3.89. The van der Waals surface area contributed by atoms with Gasteiger partial charge in [-0.05, 0) is 26.7 Å². The number of hydrogen-bond acceptors (Lipinski definition) is 3. The van der Waals surface area contributed by atoms with Crippen LogP contribution in [0.5, 0.6) is 0 Å². The third-order valence-electron chi connectivity index (χ3n) is 4.24. The van der Waals surface area contributed by atoms with Crippen LogP contribution in [0.25, 0.3) is 4.96 Å². The van der Waals surface area contributed by atoms with Gasteiger partial charge in [0.25, 0.3) is 0 Å². The van der Waals surface area contributed by atoms with Gasteiger partial charge < -0.3 is 5.32 Å². The molecule has 1 fully saturated rings. The van der Waals surface area contributed by atoms with Gasteiger partial charge in [-0.3, -0.25) is 4.40 Å². The molecule has 0 aliphatic heterocycles. The first-order chi connectivity index (χ1) is 9.25. The highest BCUT2D eigenvalue weighted by molar-refractivity contribution is 7.15. The number of nitrogens with one attached hydrogen (secondary N) is 1. The average molecular weight is 277 g/mol. The smallest absolute Gasteiger partial charge is 0.194 e. The number of nitrogens with zero attached hydrogens (tertiary/aromatic N) is 2. The first-order valence-electron chi connectivity index (χ1n) is 7.41. The summed E-state index contributed by atoms with van der Waals surface area (Å²) in [5, 5.41) is 5.95. The Hall–Kier alpha value is -0.870. The maximum atomic E-state index is 4.66. The number of fused-ring (bicyclic) bond motifs is 1. The molecule has 0 spiro atoms. The molecule has 3 nitrogen and oxygen atoms in total. The SMILES string of the molecule is Cc1nc2scc(C)n2c1CNC1CCCCCC1. The molecule has 0 radical (unpaired) electrons. The second-order valence-electron chi connectivity index (χ2n) is 5.71. The van der Waals surface area contributed by atoms with Crippen LogP contribution >= 0.6 is 11.3 Å². The second kappa shape index (κ2) is 5.63. The Labute approximate surface area is 119 Å². The van der Waals surface area contributed by atoms with E-state index in [1.165, 1.54) is 55.6 Å². The zero-order valence-electron chi connectivity index (χ0n) is 11.9. The quantitative estimate of drug-likeness (QED) is 0.864. The highest BCUT2D eigenvalue weighted by Gasteiger charge is 2.15. The monoisotopic (exact) mass is 277 g/mol. The lowest BCUT2D eigenvalue weighted by molar-refractivity contribution is 0.454. The van der Waals surface area contributed by atoms with E-state index in [9.17, 15) is 0 Å². The van der Waals surface area contributed by atoms with Crippen molar-refractivity contribution in [2.24, 2.45) is 0 Å². The van der Waals surface area contributed by atoms with Crippen molar-refractivity contribution in [2.45, 2.75) is 65.0 Å². The van der Waals surface area contributed by atoms with Crippen LogP contribution in [-0.2, 0) is 6.54 Å². The Morgan fingerprint density at radius 3 is 2.74 bits per heavy atom. The van der Waals surface area contributed by atoms with Crippen molar-refractivity contribution < 1.29 is 0 Å². The standard InChI is InChI=1S/C15H23N3S/c1-11-10-19-15-17-12(2)14(18(11)15)9-16-13-7-5-3-4-6-8-13/h10,13,16H,3-9H2,1-2H3. The minimum atomic E-state index is 0.700. The predicted molar refractivity (Wildman–Crippen MR) is 80.9 cm³/mol. The summed E-state index contributed by atoms with van der Waals surface area (Å²) in [7, 11) is 0. The lowest BCUT2D eigenvalue weighted by Gasteiger charge is -2.16. The molecular formula is C15H23N3S. The van der Waals surface area contributed by atoms with Gasteiger partial charge in [-0.1, -0.05) is 25.7 Å². The van der Waals surface area contributed by atoms with Crippen molar-refractivity contribution in [3.8, 4) is 0 Å². The molecule has 1 aliphatic carbocycles. The molecule has 0 saturated heterocycles. The van der Waals surface area contributed by atoms with Gasteiger partial charge in [0.2, 0.25) is 0 Å². The Morgan fingerprint density at radius 2 is 2.00 bits per heavy atom. The highest BCUT2D eigenvalue weighted by atomic mass is 32.1. The summed E-state index contributed by atoms with van der Waals surface area (Å²) >= 11 is 1.74. The Bertz CT molecular complexity index is 547. The molecular weight excluding hydrogens is 254 g/mol. The van der Waals surface area contributed by atoms with E-state index in [1.807, 2.05) is 0 Å². The third kappa shape index (κ3) is 2.70. The molecule has 1 aliphatic rings. The van der Waals surface area contributed by atoms with E-state index in [1.54, 1.807) is 11.3 Å². The fourth-order valence-corrected chi connectivity index (χ4v) is 4.03. The highest BCUT2D eigenvalue weighted by Crippen LogP contribution is 2.22. The van der Waals surface area contributed by atoms with E-state index in [2.05, 4.69) is 33.9 Å². The van der Waals surface area contributed by atoms with Crippen LogP contribution in [0.1, 0.15) is 55.6 Å². The molecule has 1 N–H and O–H groups in total. The molecule has 19 heavy (non-hydrogen) atoms. The molecule has 2 aromatic rings. The number of hydrogen-bond donors (Lipinski definition) is 1. The summed E-state index contributed by atoms with van der Waals surface area (Å²) < 4.78 is 2.31. The molecule has 2 heterocycles. The van der Waals surface area contributed by atoms with Gasteiger partial charge >= 0.3 is 0 Å². The normalized spacial score (nSPS) is 18.0. The largest absolute Gasteiger partial charge is 0.308 e. The molecule has 2 aromatic heterocycles. The van der Waals surface area contributed by atoms with Gasteiger partial charge in [0, 0.05) is 23.7 Å².